The van der Waals surface area contributed by atoms with Crippen molar-refractivity contribution in [3.05, 3.63) is 0 Å². The fourth-order valence-corrected chi connectivity index (χ4v) is 5.41. The van der Waals surface area contributed by atoms with Gasteiger partial charge in [0.1, 0.15) is 6.04 Å². The van der Waals surface area contributed by atoms with Gasteiger partial charge in [-0.05, 0) is 45.1 Å². The van der Waals surface area contributed by atoms with Crippen LogP contribution in [0.1, 0.15) is 46.0 Å². The normalized spacial score (nSPS) is 30.7. The zero-order chi connectivity index (χ0) is 16.3. The molecule has 2 saturated heterocycles. The molecule has 1 amide bonds. The summed E-state index contributed by atoms with van der Waals surface area (Å²) in [6, 6.07) is -0.358. The molecule has 2 heterocycles. The fourth-order valence-electron chi connectivity index (χ4n) is 3.67. The molecule has 0 aromatic heterocycles. The average molecular weight is 331 g/mol. The van der Waals surface area contributed by atoms with Crippen LogP contribution in [0.3, 0.4) is 0 Å². The molecule has 0 aromatic rings. The highest BCUT2D eigenvalue weighted by molar-refractivity contribution is 7.89. The summed E-state index contributed by atoms with van der Waals surface area (Å²) < 4.78 is 26.4. The molecule has 7 heteroatoms. The van der Waals surface area contributed by atoms with Gasteiger partial charge in [-0.1, -0.05) is 13.3 Å². The minimum atomic E-state index is -3.33. The quantitative estimate of drug-likeness (QED) is 0.807. The zero-order valence-electron chi connectivity index (χ0n) is 13.7. The van der Waals surface area contributed by atoms with Crippen molar-refractivity contribution in [1.29, 1.82) is 0 Å². The summed E-state index contributed by atoms with van der Waals surface area (Å²) in [6.07, 6.45) is 3.88. The second-order valence-electron chi connectivity index (χ2n) is 6.62. The molecule has 128 valence electrons. The minimum Gasteiger partial charge on any atom is -0.338 e. The number of hydrogen-bond donors (Lipinski definition) is 1. The Kier molecular flexibility index (Phi) is 5.85. The van der Waals surface area contributed by atoms with E-state index in [0.717, 1.165) is 19.3 Å². The summed E-state index contributed by atoms with van der Waals surface area (Å²) >= 11 is 0. The fraction of sp³-hybridized carbons (Fsp3) is 0.933. The van der Waals surface area contributed by atoms with Crippen LogP contribution in [0.25, 0.3) is 0 Å². The third-order valence-electron chi connectivity index (χ3n) is 4.84. The van der Waals surface area contributed by atoms with Gasteiger partial charge < -0.3 is 10.6 Å². The van der Waals surface area contributed by atoms with Crippen molar-refractivity contribution in [3.63, 3.8) is 0 Å². The highest BCUT2D eigenvalue weighted by Gasteiger charge is 2.41. The molecule has 2 rings (SSSR count). The number of nitrogens with two attached hydrogens (primary N) is 1. The molecule has 2 fully saturated rings. The van der Waals surface area contributed by atoms with Crippen LogP contribution in [-0.4, -0.2) is 61.0 Å². The Morgan fingerprint density at radius 3 is 2.64 bits per heavy atom. The number of hydrogen-bond acceptors (Lipinski definition) is 4. The van der Waals surface area contributed by atoms with Crippen molar-refractivity contribution in [2.75, 3.05) is 25.4 Å². The third kappa shape index (κ3) is 3.63. The number of rotatable bonds is 5. The van der Waals surface area contributed by atoms with Crippen LogP contribution in [0.2, 0.25) is 0 Å². The number of sulfonamides is 1. The Balaban J connectivity index is 2.15. The van der Waals surface area contributed by atoms with Gasteiger partial charge in [0.15, 0.2) is 0 Å². The Morgan fingerprint density at radius 1 is 1.32 bits per heavy atom. The molecule has 0 radical (unpaired) electrons. The zero-order valence-corrected chi connectivity index (χ0v) is 14.5. The number of piperidine rings is 1. The Labute approximate surface area is 134 Å². The van der Waals surface area contributed by atoms with Crippen molar-refractivity contribution in [3.8, 4) is 0 Å². The molecule has 0 saturated carbocycles. The molecule has 2 aliphatic heterocycles. The Bertz CT molecular complexity index is 494. The first-order valence-electron chi connectivity index (χ1n) is 8.40. The predicted molar refractivity (Wildman–Crippen MR) is 86.8 cm³/mol. The molecule has 0 bridgehead atoms. The predicted octanol–water partition coefficient (Wildman–Crippen LogP) is 0.776. The molecule has 2 aliphatic rings. The topological polar surface area (TPSA) is 83.7 Å². The standard InChI is InChI=1S/C15H29N3O3S/c1-3-8-22(20,21)18-7-5-4-6-14(18)15(19)17-11-13(10-16)9-12(17)2/h12-14H,3-11,16H2,1-2H3. The minimum absolute atomic E-state index is 0.0252. The van der Waals surface area contributed by atoms with Gasteiger partial charge in [0.25, 0.3) is 0 Å². The van der Waals surface area contributed by atoms with Gasteiger partial charge in [0, 0.05) is 19.1 Å². The summed E-state index contributed by atoms with van der Waals surface area (Å²) in [5.41, 5.74) is 5.73. The molecule has 0 aliphatic carbocycles. The summed E-state index contributed by atoms with van der Waals surface area (Å²) in [4.78, 5) is 14.8. The lowest BCUT2D eigenvalue weighted by molar-refractivity contribution is -0.136. The average Bonchev–Trinajstić information content (AvgIpc) is 2.87. The molecule has 3 atom stereocenters. The van der Waals surface area contributed by atoms with E-state index in [2.05, 4.69) is 0 Å². The molecular weight excluding hydrogens is 302 g/mol. The number of carbonyl (C=O) groups excluding carboxylic acids is 1. The third-order valence-corrected chi connectivity index (χ3v) is 6.91. The number of carbonyl (C=O) groups is 1. The van der Waals surface area contributed by atoms with Crippen LogP contribution in [0.15, 0.2) is 0 Å². The first-order chi connectivity index (χ1) is 10.4. The van der Waals surface area contributed by atoms with Gasteiger partial charge in [-0.25, -0.2) is 8.42 Å². The lowest BCUT2D eigenvalue weighted by Crippen LogP contribution is -2.54. The largest absolute Gasteiger partial charge is 0.338 e. The lowest BCUT2D eigenvalue weighted by atomic mass is 10.0. The van der Waals surface area contributed by atoms with Gasteiger partial charge in [-0.15, -0.1) is 0 Å². The van der Waals surface area contributed by atoms with Crippen LogP contribution >= 0.6 is 0 Å². The van der Waals surface area contributed by atoms with Crippen LogP contribution in [0.5, 0.6) is 0 Å². The highest BCUT2D eigenvalue weighted by atomic mass is 32.2. The van der Waals surface area contributed by atoms with Crippen molar-refractivity contribution in [2.45, 2.75) is 58.0 Å². The van der Waals surface area contributed by atoms with Crippen molar-refractivity contribution in [2.24, 2.45) is 11.7 Å². The number of nitrogens with zero attached hydrogens (tertiary/aromatic N) is 2. The highest BCUT2D eigenvalue weighted by Crippen LogP contribution is 2.28. The molecule has 3 unspecified atom stereocenters. The smallest absolute Gasteiger partial charge is 0.241 e. The maximum Gasteiger partial charge on any atom is 0.241 e. The summed E-state index contributed by atoms with van der Waals surface area (Å²) in [5, 5.41) is 0. The van der Waals surface area contributed by atoms with Gasteiger partial charge in [0.2, 0.25) is 15.9 Å². The second-order valence-corrected chi connectivity index (χ2v) is 8.66. The summed E-state index contributed by atoms with van der Waals surface area (Å²) in [6.45, 7) is 5.60. The molecule has 22 heavy (non-hydrogen) atoms. The van der Waals surface area contributed by atoms with E-state index < -0.39 is 16.1 Å². The van der Waals surface area contributed by atoms with E-state index >= 15 is 0 Å². The molecule has 6 nitrogen and oxygen atoms in total. The molecule has 2 N–H and O–H groups in total. The van der Waals surface area contributed by atoms with E-state index in [1.54, 1.807) is 0 Å². The van der Waals surface area contributed by atoms with Crippen molar-refractivity contribution >= 4 is 15.9 Å². The SMILES string of the molecule is CCCS(=O)(=O)N1CCCCC1C(=O)N1CC(CN)CC1C. The van der Waals surface area contributed by atoms with E-state index in [4.69, 9.17) is 5.73 Å². The van der Waals surface area contributed by atoms with Crippen LogP contribution in [0, 0.1) is 5.92 Å². The first kappa shape index (κ1) is 17.7. The first-order valence-corrected chi connectivity index (χ1v) is 10.0. The van der Waals surface area contributed by atoms with Crippen molar-refractivity contribution < 1.29 is 13.2 Å². The summed E-state index contributed by atoms with van der Waals surface area (Å²) in [5.74, 6) is 0.434. The van der Waals surface area contributed by atoms with Gasteiger partial charge in [0.05, 0.1) is 5.75 Å². The van der Waals surface area contributed by atoms with Gasteiger partial charge >= 0.3 is 0 Å². The molecular formula is C15H29N3O3S. The Hall–Kier alpha value is -0.660. The van der Waals surface area contributed by atoms with Crippen molar-refractivity contribution in [1.82, 2.24) is 9.21 Å². The van der Waals surface area contributed by atoms with E-state index in [9.17, 15) is 13.2 Å². The number of likely N-dealkylation sites (tertiary alicyclic amines) is 1. The van der Waals surface area contributed by atoms with E-state index in [1.807, 2.05) is 18.7 Å². The van der Waals surface area contributed by atoms with Gasteiger partial charge in [-0.2, -0.15) is 4.31 Å². The van der Waals surface area contributed by atoms with E-state index in [0.29, 0.717) is 38.4 Å². The molecule has 0 spiro atoms. The maximum atomic E-state index is 12.9. The van der Waals surface area contributed by atoms with Crippen LogP contribution in [-0.2, 0) is 14.8 Å². The monoisotopic (exact) mass is 331 g/mol. The van der Waals surface area contributed by atoms with E-state index in [-0.39, 0.29) is 17.7 Å². The Morgan fingerprint density at radius 2 is 2.05 bits per heavy atom. The van der Waals surface area contributed by atoms with Gasteiger partial charge in [-0.3, -0.25) is 4.79 Å². The van der Waals surface area contributed by atoms with E-state index in [1.165, 1.54) is 4.31 Å². The number of amides is 1. The molecule has 0 aromatic carbocycles. The maximum absolute atomic E-state index is 12.9. The lowest BCUT2D eigenvalue weighted by Gasteiger charge is -2.37. The second kappa shape index (κ2) is 7.27. The van der Waals surface area contributed by atoms with Crippen LogP contribution in [0.4, 0.5) is 0 Å². The summed E-state index contributed by atoms with van der Waals surface area (Å²) in [7, 11) is -3.33. The van der Waals surface area contributed by atoms with Crippen LogP contribution < -0.4 is 5.73 Å².